The van der Waals surface area contributed by atoms with Crippen molar-refractivity contribution in [3.63, 3.8) is 0 Å². The summed E-state index contributed by atoms with van der Waals surface area (Å²) in [4.78, 5) is 19.7. The number of nitrogens with zero attached hydrogens (tertiary/aromatic N) is 2. The highest BCUT2D eigenvalue weighted by atomic mass is 35.5. The molecule has 3 rings (SSSR count). The van der Waals surface area contributed by atoms with Crippen molar-refractivity contribution in [2.45, 2.75) is 13.3 Å². The Kier molecular flexibility index (Phi) is 6.08. The molecule has 0 atom stereocenters. The lowest BCUT2D eigenvalue weighted by Crippen LogP contribution is -2.29. The fourth-order valence-corrected chi connectivity index (χ4v) is 3.75. The van der Waals surface area contributed by atoms with Gasteiger partial charge in [-0.05, 0) is 60.2 Å². The molecule has 0 spiro atoms. The number of halogens is 1. The maximum Gasteiger partial charge on any atom is 0.271 e. The van der Waals surface area contributed by atoms with E-state index in [4.69, 9.17) is 16.3 Å². The van der Waals surface area contributed by atoms with Gasteiger partial charge in [-0.1, -0.05) is 30.7 Å². The first-order valence-corrected chi connectivity index (χ1v) is 9.64. The average Bonchev–Trinajstić information content (AvgIpc) is 2.97. The van der Waals surface area contributed by atoms with Crippen LogP contribution in [0.5, 0.6) is 11.5 Å². The predicted molar refractivity (Wildman–Crippen MR) is 112 cm³/mol. The fraction of sp³-hybridized carbons (Fsp3) is 0.200. The lowest BCUT2D eigenvalue weighted by molar-refractivity contribution is -0.113. The molecule has 0 unspecified atom stereocenters. The Balaban J connectivity index is 2.00. The van der Waals surface area contributed by atoms with Gasteiger partial charge in [0.2, 0.25) is 0 Å². The van der Waals surface area contributed by atoms with E-state index in [1.165, 1.54) is 24.9 Å². The molecule has 1 aliphatic heterocycles. The van der Waals surface area contributed by atoms with Crippen molar-refractivity contribution in [2.24, 2.45) is 4.99 Å². The number of thioether (sulfide) groups is 1. The maximum atomic E-state index is 13.0. The molecule has 1 aliphatic rings. The SMILES string of the molecule is CCC/N=C1\S/C(=C\c2ccc(O)c(OC)c2)C(=O)N1c1cccc(Cl)c1. The minimum atomic E-state index is -0.163. The Labute approximate surface area is 167 Å². The molecule has 2 aromatic carbocycles. The molecule has 0 saturated carbocycles. The third-order valence-electron chi connectivity index (χ3n) is 3.85. The van der Waals surface area contributed by atoms with Gasteiger partial charge in [0, 0.05) is 11.6 Å². The number of rotatable bonds is 5. The summed E-state index contributed by atoms with van der Waals surface area (Å²) in [7, 11) is 1.48. The van der Waals surface area contributed by atoms with Crippen LogP contribution in [-0.2, 0) is 4.79 Å². The number of phenolic OH excluding ortho intramolecular Hbond substituents is 1. The maximum absolute atomic E-state index is 13.0. The van der Waals surface area contributed by atoms with Crippen LogP contribution in [0.3, 0.4) is 0 Å². The van der Waals surface area contributed by atoms with E-state index in [1.807, 2.05) is 13.0 Å². The monoisotopic (exact) mass is 402 g/mol. The van der Waals surface area contributed by atoms with Gasteiger partial charge in [-0.2, -0.15) is 0 Å². The summed E-state index contributed by atoms with van der Waals surface area (Å²) in [5, 5.41) is 10.9. The molecule has 1 heterocycles. The topological polar surface area (TPSA) is 62.1 Å². The van der Waals surface area contributed by atoms with Gasteiger partial charge < -0.3 is 9.84 Å². The molecule has 140 valence electrons. The zero-order valence-electron chi connectivity index (χ0n) is 15.0. The second-order valence-corrected chi connectivity index (χ2v) is 7.27. The predicted octanol–water partition coefficient (Wildman–Crippen LogP) is 4.94. The van der Waals surface area contributed by atoms with Gasteiger partial charge in [0.15, 0.2) is 16.7 Å². The van der Waals surface area contributed by atoms with Crippen molar-refractivity contribution in [2.75, 3.05) is 18.6 Å². The lowest BCUT2D eigenvalue weighted by atomic mass is 10.2. The Morgan fingerprint density at radius 2 is 2.11 bits per heavy atom. The number of amidine groups is 1. The van der Waals surface area contributed by atoms with Gasteiger partial charge >= 0.3 is 0 Å². The minimum absolute atomic E-state index is 0.0517. The molecule has 5 nitrogen and oxygen atoms in total. The van der Waals surface area contributed by atoms with Crippen LogP contribution in [0.25, 0.3) is 6.08 Å². The first-order chi connectivity index (χ1) is 13.0. The number of ether oxygens (including phenoxy) is 1. The van der Waals surface area contributed by atoms with Crippen LogP contribution in [0.4, 0.5) is 5.69 Å². The van der Waals surface area contributed by atoms with Crippen molar-refractivity contribution < 1.29 is 14.6 Å². The number of benzene rings is 2. The Hall–Kier alpha value is -2.44. The first kappa shape index (κ1) is 19.3. The minimum Gasteiger partial charge on any atom is -0.504 e. The van der Waals surface area contributed by atoms with Crippen LogP contribution in [0.1, 0.15) is 18.9 Å². The quantitative estimate of drug-likeness (QED) is 0.719. The van der Waals surface area contributed by atoms with Gasteiger partial charge in [-0.3, -0.25) is 14.7 Å². The lowest BCUT2D eigenvalue weighted by Gasteiger charge is -2.15. The summed E-state index contributed by atoms with van der Waals surface area (Å²) in [5.41, 5.74) is 1.44. The normalized spacial score (nSPS) is 17.1. The average molecular weight is 403 g/mol. The number of aliphatic imine (C=N–C) groups is 1. The van der Waals surface area contributed by atoms with Gasteiger partial charge in [0.05, 0.1) is 17.7 Å². The van der Waals surface area contributed by atoms with Crippen molar-refractivity contribution in [3.05, 3.63) is 58.0 Å². The Morgan fingerprint density at radius 1 is 1.30 bits per heavy atom. The van der Waals surface area contributed by atoms with E-state index >= 15 is 0 Å². The molecular weight excluding hydrogens is 384 g/mol. The van der Waals surface area contributed by atoms with Gasteiger partial charge in [0.25, 0.3) is 5.91 Å². The van der Waals surface area contributed by atoms with E-state index in [9.17, 15) is 9.90 Å². The second-order valence-electron chi connectivity index (χ2n) is 5.83. The molecule has 1 N–H and O–H groups in total. The summed E-state index contributed by atoms with van der Waals surface area (Å²) < 4.78 is 5.14. The van der Waals surface area contributed by atoms with E-state index in [0.717, 1.165) is 12.0 Å². The first-order valence-electron chi connectivity index (χ1n) is 8.44. The number of hydrogen-bond acceptors (Lipinski definition) is 5. The third-order valence-corrected chi connectivity index (χ3v) is 5.09. The van der Waals surface area contributed by atoms with E-state index in [-0.39, 0.29) is 11.7 Å². The van der Waals surface area contributed by atoms with Crippen LogP contribution < -0.4 is 9.64 Å². The Morgan fingerprint density at radius 3 is 2.81 bits per heavy atom. The smallest absolute Gasteiger partial charge is 0.271 e. The van der Waals surface area contributed by atoms with Crippen LogP contribution in [-0.4, -0.2) is 29.8 Å². The van der Waals surface area contributed by atoms with E-state index in [0.29, 0.717) is 33.1 Å². The number of anilines is 1. The summed E-state index contributed by atoms with van der Waals surface area (Å²) >= 11 is 7.42. The second kappa shape index (κ2) is 8.50. The molecule has 1 amide bonds. The largest absolute Gasteiger partial charge is 0.504 e. The number of carbonyl (C=O) groups is 1. The Bertz CT molecular complexity index is 927. The molecular formula is C20H19ClN2O3S. The number of amides is 1. The van der Waals surface area contributed by atoms with Gasteiger partial charge in [-0.15, -0.1) is 0 Å². The highest BCUT2D eigenvalue weighted by Crippen LogP contribution is 2.37. The van der Waals surface area contributed by atoms with Crippen LogP contribution >= 0.6 is 23.4 Å². The molecule has 2 aromatic rings. The van der Waals surface area contributed by atoms with Crippen LogP contribution in [0.2, 0.25) is 5.02 Å². The molecule has 27 heavy (non-hydrogen) atoms. The van der Waals surface area contributed by atoms with Crippen LogP contribution in [0, 0.1) is 0 Å². The van der Waals surface area contributed by atoms with E-state index in [1.54, 1.807) is 41.3 Å². The fourth-order valence-electron chi connectivity index (χ4n) is 2.56. The molecule has 0 radical (unpaired) electrons. The number of aromatic hydroxyl groups is 1. The number of carbonyl (C=O) groups excluding carboxylic acids is 1. The molecule has 0 aliphatic carbocycles. The number of hydrogen-bond donors (Lipinski definition) is 1. The van der Waals surface area contributed by atoms with Crippen molar-refractivity contribution in [1.82, 2.24) is 0 Å². The van der Waals surface area contributed by atoms with E-state index in [2.05, 4.69) is 4.99 Å². The summed E-state index contributed by atoms with van der Waals surface area (Å²) in [5.74, 6) is 0.242. The van der Waals surface area contributed by atoms with Gasteiger partial charge in [0.1, 0.15) is 0 Å². The molecule has 0 bridgehead atoms. The summed E-state index contributed by atoms with van der Waals surface area (Å²) in [6, 6.07) is 12.1. The standard InChI is InChI=1S/C20H19ClN2O3S/c1-3-9-22-20-23(15-6-4-5-14(21)12-15)19(25)18(27-20)11-13-7-8-16(24)17(10-13)26-2/h4-8,10-12,24H,3,9H2,1-2H3/b18-11-,22-20-. The summed E-state index contributed by atoms with van der Waals surface area (Å²) in [6.07, 6.45) is 2.65. The van der Waals surface area contributed by atoms with E-state index < -0.39 is 0 Å². The molecule has 1 saturated heterocycles. The van der Waals surface area contributed by atoms with Gasteiger partial charge in [-0.25, -0.2) is 0 Å². The zero-order valence-corrected chi connectivity index (χ0v) is 16.5. The van der Waals surface area contributed by atoms with Crippen LogP contribution in [0.15, 0.2) is 52.4 Å². The number of phenols is 1. The zero-order chi connectivity index (χ0) is 19.4. The van der Waals surface area contributed by atoms with Crippen molar-refractivity contribution in [1.29, 1.82) is 0 Å². The number of methoxy groups -OCH3 is 1. The third kappa shape index (κ3) is 4.28. The molecule has 1 fully saturated rings. The molecule has 0 aromatic heterocycles. The summed E-state index contributed by atoms with van der Waals surface area (Å²) in [6.45, 7) is 2.67. The van der Waals surface area contributed by atoms with Crippen molar-refractivity contribution in [3.8, 4) is 11.5 Å². The molecule has 7 heteroatoms. The van der Waals surface area contributed by atoms with Crippen molar-refractivity contribution >= 4 is 46.2 Å². The highest BCUT2D eigenvalue weighted by Gasteiger charge is 2.34. The highest BCUT2D eigenvalue weighted by molar-refractivity contribution is 8.19.